The first-order chi connectivity index (χ1) is 6.86. The van der Waals surface area contributed by atoms with Gasteiger partial charge in [0.05, 0.1) is 7.11 Å². The molecule has 1 rings (SSSR count). The molecule has 0 saturated heterocycles. The Labute approximate surface area is 86.9 Å². The van der Waals surface area contributed by atoms with E-state index in [-0.39, 0.29) is 22.4 Å². The fourth-order valence-electron chi connectivity index (χ4n) is 1.14. The van der Waals surface area contributed by atoms with Crippen molar-refractivity contribution in [3.05, 3.63) is 23.8 Å². The standard InChI is InChI=1S/C9H11O5P/c1-6(10)7-3-4-8(14-2)9(5-7)15(11,12)13/h3-5H,1-2H3,(H2,11,12,13). The minimum atomic E-state index is -4.42. The summed E-state index contributed by atoms with van der Waals surface area (Å²) in [5.74, 6) is -0.180. The van der Waals surface area contributed by atoms with Gasteiger partial charge in [0, 0.05) is 5.56 Å². The van der Waals surface area contributed by atoms with Gasteiger partial charge in [-0.15, -0.1) is 0 Å². The van der Waals surface area contributed by atoms with Crippen LogP contribution in [0.5, 0.6) is 5.75 Å². The lowest BCUT2D eigenvalue weighted by atomic mass is 10.1. The van der Waals surface area contributed by atoms with E-state index in [1.165, 1.54) is 26.2 Å². The van der Waals surface area contributed by atoms with E-state index < -0.39 is 7.60 Å². The molecular weight excluding hydrogens is 219 g/mol. The number of ether oxygens (including phenoxy) is 1. The third-order valence-electron chi connectivity index (χ3n) is 1.90. The largest absolute Gasteiger partial charge is 0.496 e. The summed E-state index contributed by atoms with van der Waals surface area (Å²) in [7, 11) is -3.11. The molecule has 0 fully saturated rings. The maximum absolute atomic E-state index is 11.1. The van der Waals surface area contributed by atoms with Gasteiger partial charge in [0.2, 0.25) is 0 Å². The second-order valence-electron chi connectivity index (χ2n) is 2.99. The van der Waals surface area contributed by atoms with Crippen LogP contribution in [0.4, 0.5) is 0 Å². The molecule has 82 valence electrons. The van der Waals surface area contributed by atoms with Crippen LogP contribution < -0.4 is 10.0 Å². The van der Waals surface area contributed by atoms with Crippen molar-refractivity contribution >= 4 is 18.7 Å². The minimum absolute atomic E-state index is 0.0772. The van der Waals surface area contributed by atoms with Crippen molar-refractivity contribution in [3.8, 4) is 5.75 Å². The highest BCUT2D eigenvalue weighted by atomic mass is 31.2. The minimum Gasteiger partial charge on any atom is -0.496 e. The van der Waals surface area contributed by atoms with Crippen molar-refractivity contribution < 1.29 is 23.9 Å². The number of carbonyl (C=O) groups is 1. The van der Waals surface area contributed by atoms with E-state index >= 15 is 0 Å². The first kappa shape index (κ1) is 11.9. The van der Waals surface area contributed by atoms with Gasteiger partial charge in [0.25, 0.3) is 0 Å². The second-order valence-corrected chi connectivity index (χ2v) is 4.56. The zero-order chi connectivity index (χ0) is 11.6. The van der Waals surface area contributed by atoms with Crippen molar-refractivity contribution in [2.45, 2.75) is 6.92 Å². The van der Waals surface area contributed by atoms with E-state index in [4.69, 9.17) is 14.5 Å². The predicted octanol–water partition coefficient (Wildman–Crippen LogP) is 0.701. The van der Waals surface area contributed by atoms with Gasteiger partial charge >= 0.3 is 7.60 Å². The smallest absolute Gasteiger partial charge is 0.359 e. The maximum atomic E-state index is 11.1. The molecule has 0 amide bonds. The number of benzene rings is 1. The van der Waals surface area contributed by atoms with E-state index in [2.05, 4.69) is 0 Å². The number of methoxy groups -OCH3 is 1. The Morgan fingerprint density at radius 3 is 2.40 bits per heavy atom. The van der Waals surface area contributed by atoms with E-state index in [1.54, 1.807) is 0 Å². The quantitative estimate of drug-likeness (QED) is 0.589. The van der Waals surface area contributed by atoms with Crippen LogP contribution >= 0.6 is 7.60 Å². The summed E-state index contributed by atoms with van der Waals surface area (Å²) in [5, 5.41) is -0.266. The van der Waals surface area contributed by atoms with E-state index in [0.717, 1.165) is 6.07 Å². The molecule has 1 aromatic rings. The molecule has 15 heavy (non-hydrogen) atoms. The molecule has 0 spiro atoms. The number of Topliss-reactive ketones (excluding diaryl/α,β-unsaturated/α-hetero) is 1. The number of hydrogen-bond donors (Lipinski definition) is 2. The van der Waals surface area contributed by atoms with Crippen LogP contribution in [0.1, 0.15) is 17.3 Å². The molecule has 0 unspecified atom stereocenters. The molecule has 0 saturated carbocycles. The lowest BCUT2D eigenvalue weighted by molar-refractivity contribution is 0.101. The Morgan fingerprint density at radius 1 is 1.40 bits per heavy atom. The van der Waals surface area contributed by atoms with Crippen LogP contribution in [-0.4, -0.2) is 22.7 Å². The van der Waals surface area contributed by atoms with Gasteiger partial charge in [-0.05, 0) is 25.1 Å². The van der Waals surface area contributed by atoms with Gasteiger partial charge in [-0.2, -0.15) is 0 Å². The number of ketones is 1. The zero-order valence-corrected chi connectivity index (χ0v) is 9.19. The van der Waals surface area contributed by atoms with Crippen LogP contribution in [0.3, 0.4) is 0 Å². The van der Waals surface area contributed by atoms with Crippen molar-refractivity contribution in [2.24, 2.45) is 0 Å². The Balaban J connectivity index is 3.39. The SMILES string of the molecule is COc1ccc(C(C)=O)cc1P(=O)(O)O. The molecule has 0 aliphatic heterocycles. The number of rotatable bonds is 3. The van der Waals surface area contributed by atoms with Gasteiger partial charge in [-0.25, -0.2) is 0 Å². The third kappa shape index (κ3) is 2.65. The predicted molar refractivity (Wildman–Crippen MR) is 54.7 cm³/mol. The topological polar surface area (TPSA) is 83.8 Å². The highest BCUT2D eigenvalue weighted by molar-refractivity contribution is 7.60. The van der Waals surface area contributed by atoms with E-state index in [9.17, 15) is 9.36 Å². The first-order valence-corrected chi connectivity index (χ1v) is 5.72. The summed E-state index contributed by atoms with van der Waals surface area (Å²) >= 11 is 0. The van der Waals surface area contributed by atoms with Crippen molar-refractivity contribution in [1.29, 1.82) is 0 Å². The fourth-order valence-corrected chi connectivity index (χ4v) is 1.90. The van der Waals surface area contributed by atoms with Gasteiger partial charge < -0.3 is 14.5 Å². The number of carbonyl (C=O) groups excluding carboxylic acids is 1. The van der Waals surface area contributed by atoms with Gasteiger partial charge in [0.15, 0.2) is 5.78 Å². The first-order valence-electron chi connectivity index (χ1n) is 4.11. The average Bonchev–Trinajstić information content (AvgIpc) is 2.15. The van der Waals surface area contributed by atoms with Crippen LogP contribution in [0, 0.1) is 0 Å². The highest BCUT2D eigenvalue weighted by Crippen LogP contribution is 2.37. The molecule has 6 heteroatoms. The molecule has 0 heterocycles. The zero-order valence-electron chi connectivity index (χ0n) is 8.30. The Morgan fingerprint density at radius 2 is 2.00 bits per heavy atom. The van der Waals surface area contributed by atoms with Crippen molar-refractivity contribution in [2.75, 3.05) is 7.11 Å². The molecule has 0 radical (unpaired) electrons. The summed E-state index contributed by atoms with van der Waals surface area (Å²) in [6.07, 6.45) is 0. The monoisotopic (exact) mass is 230 g/mol. The van der Waals surface area contributed by atoms with Crippen LogP contribution in [0.15, 0.2) is 18.2 Å². The fraction of sp³-hybridized carbons (Fsp3) is 0.222. The maximum Gasteiger partial charge on any atom is 0.359 e. The molecule has 0 atom stereocenters. The van der Waals surface area contributed by atoms with Gasteiger partial charge in [-0.3, -0.25) is 9.36 Å². The molecule has 0 aliphatic carbocycles. The lowest BCUT2D eigenvalue weighted by Crippen LogP contribution is -2.10. The van der Waals surface area contributed by atoms with E-state index in [1.807, 2.05) is 0 Å². The summed E-state index contributed by atoms with van der Waals surface area (Å²) in [4.78, 5) is 29.1. The Kier molecular flexibility index (Phi) is 3.29. The third-order valence-corrected chi connectivity index (χ3v) is 2.88. The summed E-state index contributed by atoms with van der Waals surface area (Å²) < 4.78 is 15.9. The second kappa shape index (κ2) is 4.14. The molecule has 5 nitrogen and oxygen atoms in total. The molecule has 2 N–H and O–H groups in total. The Bertz CT molecular complexity index is 434. The summed E-state index contributed by atoms with van der Waals surface area (Å²) in [5.41, 5.74) is 0.245. The van der Waals surface area contributed by atoms with E-state index in [0.29, 0.717) is 0 Å². The normalized spacial score (nSPS) is 11.2. The average molecular weight is 230 g/mol. The Hall–Kier alpha value is -1.16. The van der Waals surface area contributed by atoms with Gasteiger partial charge in [0.1, 0.15) is 11.1 Å². The summed E-state index contributed by atoms with van der Waals surface area (Å²) in [6.45, 7) is 1.32. The lowest BCUT2D eigenvalue weighted by Gasteiger charge is -2.10. The molecule has 0 bridgehead atoms. The van der Waals surface area contributed by atoms with Crippen LogP contribution in [0.25, 0.3) is 0 Å². The number of hydrogen-bond acceptors (Lipinski definition) is 3. The molecule has 0 aromatic heterocycles. The van der Waals surface area contributed by atoms with Crippen LogP contribution in [-0.2, 0) is 4.57 Å². The van der Waals surface area contributed by atoms with Gasteiger partial charge in [-0.1, -0.05) is 0 Å². The van der Waals surface area contributed by atoms with Crippen molar-refractivity contribution in [1.82, 2.24) is 0 Å². The van der Waals surface area contributed by atoms with Crippen LogP contribution in [0.2, 0.25) is 0 Å². The molecule has 1 aromatic carbocycles. The van der Waals surface area contributed by atoms with Crippen molar-refractivity contribution in [3.63, 3.8) is 0 Å². The molecular formula is C9H11O5P. The highest BCUT2D eigenvalue weighted by Gasteiger charge is 2.23. The summed E-state index contributed by atoms with van der Waals surface area (Å²) in [6, 6.07) is 3.98. The molecule has 0 aliphatic rings.